The average molecular weight is 258 g/mol. The van der Waals surface area contributed by atoms with Gasteiger partial charge in [-0.1, -0.05) is 13.8 Å². The van der Waals surface area contributed by atoms with Crippen LogP contribution >= 0.6 is 0 Å². The van der Waals surface area contributed by atoms with E-state index in [0.29, 0.717) is 0 Å². The molecule has 1 aliphatic heterocycles. The van der Waals surface area contributed by atoms with Gasteiger partial charge in [-0.3, -0.25) is 9.59 Å². The summed E-state index contributed by atoms with van der Waals surface area (Å²) in [6.07, 6.45) is -0.934. The van der Waals surface area contributed by atoms with Crippen LogP contribution in [0.25, 0.3) is 0 Å². The zero-order chi connectivity index (χ0) is 13.9. The molecule has 0 aliphatic carbocycles. The van der Waals surface area contributed by atoms with Crippen LogP contribution in [0.1, 0.15) is 27.7 Å². The largest absolute Gasteiger partial charge is 0.394 e. The van der Waals surface area contributed by atoms with E-state index in [2.05, 4.69) is 10.6 Å². The van der Waals surface area contributed by atoms with Crippen molar-refractivity contribution in [3.63, 3.8) is 0 Å². The fourth-order valence-electron chi connectivity index (χ4n) is 2.31. The number of carbonyl (C=O) groups excluding carboxylic acids is 2. The summed E-state index contributed by atoms with van der Waals surface area (Å²) >= 11 is 0. The second-order valence-corrected chi connectivity index (χ2v) is 4.92. The maximum Gasteiger partial charge on any atom is 0.218 e. The number of hydrogen-bond donors (Lipinski definition) is 3. The van der Waals surface area contributed by atoms with Crippen LogP contribution in [0.2, 0.25) is 0 Å². The molecule has 1 heterocycles. The van der Waals surface area contributed by atoms with Crippen LogP contribution in [-0.4, -0.2) is 41.9 Å². The van der Waals surface area contributed by atoms with Crippen molar-refractivity contribution in [2.75, 3.05) is 6.61 Å². The average Bonchev–Trinajstić information content (AvgIpc) is 2.27. The van der Waals surface area contributed by atoms with Gasteiger partial charge in [0, 0.05) is 13.8 Å². The SMILES string of the molecule is CC(=O)NC1OC(CO)C(C)C(C)C1NC(C)=O. The Balaban J connectivity index is 2.86. The first-order valence-corrected chi connectivity index (χ1v) is 6.17. The smallest absolute Gasteiger partial charge is 0.218 e. The van der Waals surface area contributed by atoms with Crippen LogP contribution in [0, 0.1) is 11.8 Å². The molecule has 1 saturated heterocycles. The highest BCUT2D eigenvalue weighted by molar-refractivity contribution is 5.74. The number of aliphatic hydroxyl groups excluding tert-OH is 1. The first kappa shape index (κ1) is 14.9. The molecule has 0 spiro atoms. The van der Waals surface area contributed by atoms with Gasteiger partial charge in [0.15, 0.2) is 6.23 Å². The molecular weight excluding hydrogens is 236 g/mol. The van der Waals surface area contributed by atoms with E-state index >= 15 is 0 Å². The molecule has 18 heavy (non-hydrogen) atoms. The summed E-state index contributed by atoms with van der Waals surface area (Å²) in [5.74, 6) is -0.206. The molecule has 2 amide bonds. The predicted octanol–water partition coefficient (Wildman–Crippen LogP) is -0.383. The van der Waals surface area contributed by atoms with E-state index in [0.717, 1.165) is 0 Å². The Hall–Kier alpha value is -1.14. The van der Waals surface area contributed by atoms with Crippen molar-refractivity contribution in [1.29, 1.82) is 0 Å². The Bertz CT molecular complexity index is 321. The Morgan fingerprint density at radius 2 is 1.67 bits per heavy atom. The zero-order valence-corrected chi connectivity index (χ0v) is 11.3. The van der Waals surface area contributed by atoms with Crippen molar-refractivity contribution >= 4 is 11.8 Å². The van der Waals surface area contributed by atoms with Crippen LogP contribution in [0.5, 0.6) is 0 Å². The molecule has 1 fully saturated rings. The van der Waals surface area contributed by atoms with E-state index in [4.69, 9.17) is 4.74 Å². The molecule has 0 aromatic heterocycles. The van der Waals surface area contributed by atoms with E-state index < -0.39 is 6.23 Å². The second-order valence-electron chi connectivity index (χ2n) is 4.92. The van der Waals surface area contributed by atoms with Gasteiger partial charge < -0.3 is 20.5 Å². The number of amides is 2. The molecule has 0 aromatic rings. The molecule has 0 saturated carbocycles. The number of carbonyl (C=O) groups is 2. The minimum Gasteiger partial charge on any atom is -0.394 e. The Kier molecular flexibility index (Phi) is 5.10. The van der Waals surface area contributed by atoms with Crippen LogP contribution in [0.4, 0.5) is 0 Å². The van der Waals surface area contributed by atoms with Crippen LogP contribution in [-0.2, 0) is 14.3 Å². The number of hydrogen-bond acceptors (Lipinski definition) is 4. The quantitative estimate of drug-likeness (QED) is 0.644. The number of nitrogens with one attached hydrogen (secondary N) is 2. The van der Waals surface area contributed by atoms with Gasteiger partial charge >= 0.3 is 0 Å². The van der Waals surface area contributed by atoms with Gasteiger partial charge in [0.25, 0.3) is 0 Å². The van der Waals surface area contributed by atoms with Gasteiger partial charge in [-0.25, -0.2) is 0 Å². The van der Waals surface area contributed by atoms with E-state index in [-0.39, 0.29) is 42.4 Å². The Morgan fingerprint density at radius 3 is 2.11 bits per heavy atom. The van der Waals surface area contributed by atoms with Gasteiger partial charge in [-0.05, 0) is 11.8 Å². The van der Waals surface area contributed by atoms with Gasteiger partial charge in [0.05, 0.1) is 18.8 Å². The number of ether oxygens (including phenoxy) is 1. The third-order valence-corrected chi connectivity index (χ3v) is 3.53. The zero-order valence-electron chi connectivity index (χ0n) is 11.3. The topological polar surface area (TPSA) is 87.7 Å². The standard InChI is InChI=1S/C12H22N2O4/c1-6-7(2)11(13-8(3)16)12(14-9(4)17)18-10(6)5-15/h6-7,10-12,15H,5H2,1-4H3,(H,13,16)(H,14,17). The summed E-state index contributed by atoms with van der Waals surface area (Å²) in [6.45, 7) is 6.66. The molecular formula is C12H22N2O4. The Morgan fingerprint density at radius 1 is 1.11 bits per heavy atom. The van der Waals surface area contributed by atoms with E-state index in [1.165, 1.54) is 13.8 Å². The molecule has 5 unspecified atom stereocenters. The molecule has 6 heteroatoms. The molecule has 1 rings (SSSR count). The fourth-order valence-corrected chi connectivity index (χ4v) is 2.31. The second kappa shape index (κ2) is 6.15. The highest BCUT2D eigenvalue weighted by Crippen LogP contribution is 2.29. The summed E-state index contributed by atoms with van der Waals surface area (Å²) < 4.78 is 5.65. The molecule has 0 radical (unpaired) electrons. The highest BCUT2D eigenvalue weighted by atomic mass is 16.5. The molecule has 1 aliphatic rings. The van der Waals surface area contributed by atoms with Crippen LogP contribution in [0.15, 0.2) is 0 Å². The molecule has 5 atom stereocenters. The lowest BCUT2D eigenvalue weighted by Gasteiger charge is -2.44. The van der Waals surface area contributed by atoms with Crippen LogP contribution in [0.3, 0.4) is 0 Å². The van der Waals surface area contributed by atoms with Crippen molar-refractivity contribution in [2.45, 2.75) is 46.1 Å². The Labute approximate surface area is 107 Å². The third-order valence-electron chi connectivity index (χ3n) is 3.53. The maximum atomic E-state index is 11.2. The minimum atomic E-state index is -0.602. The maximum absolute atomic E-state index is 11.2. The molecule has 0 bridgehead atoms. The first-order chi connectivity index (χ1) is 8.36. The summed E-state index contributed by atoms with van der Waals surface area (Å²) in [5, 5.41) is 14.7. The highest BCUT2D eigenvalue weighted by Gasteiger charge is 2.41. The molecule has 104 valence electrons. The summed E-state index contributed by atoms with van der Waals surface area (Å²) in [6, 6.07) is -0.288. The first-order valence-electron chi connectivity index (χ1n) is 6.17. The van der Waals surface area contributed by atoms with E-state index in [1.807, 2.05) is 13.8 Å². The lowest BCUT2D eigenvalue weighted by atomic mass is 9.81. The number of rotatable bonds is 3. The minimum absolute atomic E-state index is 0.0941. The van der Waals surface area contributed by atoms with E-state index in [9.17, 15) is 14.7 Å². The lowest BCUT2D eigenvalue weighted by molar-refractivity contribution is -0.160. The predicted molar refractivity (Wildman–Crippen MR) is 65.5 cm³/mol. The van der Waals surface area contributed by atoms with Crippen molar-refractivity contribution in [3.05, 3.63) is 0 Å². The van der Waals surface area contributed by atoms with Crippen molar-refractivity contribution in [3.8, 4) is 0 Å². The van der Waals surface area contributed by atoms with Gasteiger partial charge in [-0.2, -0.15) is 0 Å². The van der Waals surface area contributed by atoms with Crippen LogP contribution < -0.4 is 10.6 Å². The van der Waals surface area contributed by atoms with Gasteiger partial charge in [0.1, 0.15) is 0 Å². The third kappa shape index (κ3) is 3.43. The summed E-state index contributed by atoms with van der Waals surface area (Å²) in [7, 11) is 0. The molecule has 6 nitrogen and oxygen atoms in total. The summed E-state index contributed by atoms with van der Waals surface area (Å²) in [5.41, 5.74) is 0. The lowest BCUT2D eigenvalue weighted by Crippen LogP contribution is -2.62. The fraction of sp³-hybridized carbons (Fsp3) is 0.833. The normalized spacial score (nSPS) is 35.9. The van der Waals surface area contributed by atoms with Crippen molar-refractivity contribution in [2.24, 2.45) is 11.8 Å². The monoisotopic (exact) mass is 258 g/mol. The molecule has 3 N–H and O–H groups in total. The molecule has 0 aromatic carbocycles. The van der Waals surface area contributed by atoms with Crippen molar-refractivity contribution < 1.29 is 19.4 Å². The van der Waals surface area contributed by atoms with Gasteiger partial charge in [-0.15, -0.1) is 0 Å². The van der Waals surface area contributed by atoms with Gasteiger partial charge in [0.2, 0.25) is 11.8 Å². The summed E-state index contributed by atoms with van der Waals surface area (Å²) in [4.78, 5) is 22.4. The van der Waals surface area contributed by atoms with Crippen molar-refractivity contribution in [1.82, 2.24) is 10.6 Å². The van der Waals surface area contributed by atoms with E-state index in [1.54, 1.807) is 0 Å². The number of aliphatic hydroxyl groups is 1.